The minimum absolute atomic E-state index is 0.144. The average molecular weight is 426 g/mol. The Bertz CT molecular complexity index is 1020. The summed E-state index contributed by atoms with van der Waals surface area (Å²) in [5, 5.41) is 12.8. The van der Waals surface area contributed by atoms with Crippen LogP contribution in [0.15, 0.2) is 36.7 Å². The molecule has 1 amide bonds. The second-order valence-corrected chi connectivity index (χ2v) is 8.41. The van der Waals surface area contributed by atoms with Crippen LogP contribution in [0.3, 0.4) is 0 Å². The van der Waals surface area contributed by atoms with Crippen LogP contribution in [-0.4, -0.2) is 26.7 Å². The molecule has 1 aromatic carbocycles. The molecule has 1 unspecified atom stereocenters. The summed E-state index contributed by atoms with van der Waals surface area (Å²) in [6.07, 6.45) is 9.44. The fourth-order valence-electron chi connectivity index (χ4n) is 4.15. The Labute approximate surface area is 182 Å². The van der Waals surface area contributed by atoms with Gasteiger partial charge in [0.05, 0.1) is 28.9 Å². The number of benzene rings is 1. The van der Waals surface area contributed by atoms with Crippen LogP contribution in [-0.2, 0) is 6.54 Å². The molecule has 0 aliphatic heterocycles. The third-order valence-electron chi connectivity index (χ3n) is 5.88. The molecule has 2 N–H and O–H groups in total. The first-order valence-corrected chi connectivity index (χ1v) is 11.1. The maximum absolute atomic E-state index is 13.2. The van der Waals surface area contributed by atoms with Crippen LogP contribution < -0.4 is 10.6 Å². The van der Waals surface area contributed by atoms with Gasteiger partial charge in [0.1, 0.15) is 0 Å². The van der Waals surface area contributed by atoms with Gasteiger partial charge in [-0.1, -0.05) is 43.0 Å². The maximum Gasteiger partial charge on any atom is 0.255 e. The summed E-state index contributed by atoms with van der Waals surface area (Å²) in [6.45, 7) is 4.74. The van der Waals surface area contributed by atoms with E-state index in [2.05, 4.69) is 20.7 Å². The Morgan fingerprint density at radius 2 is 1.93 bits per heavy atom. The number of rotatable bonds is 6. The molecule has 1 fully saturated rings. The van der Waals surface area contributed by atoms with E-state index in [1.807, 2.05) is 49.0 Å². The molecule has 6 nitrogen and oxygen atoms in total. The van der Waals surface area contributed by atoms with Crippen LogP contribution >= 0.6 is 11.6 Å². The normalized spacial score (nSPS) is 15.8. The molecular weight excluding hydrogens is 398 g/mol. The largest absolute Gasteiger partial charge is 0.381 e. The van der Waals surface area contributed by atoms with Crippen LogP contribution in [0, 0.1) is 0 Å². The second-order valence-electron chi connectivity index (χ2n) is 7.97. The van der Waals surface area contributed by atoms with Crippen molar-refractivity contribution >= 4 is 34.2 Å². The molecule has 1 saturated carbocycles. The zero-order valence-electron chi connectivity index (χ0n) is 17.5. The minimum Gasteiger partial charge on any atom is -0.381 e. The lowest BCUT2D eigenvalue weighted by molar-refractivity contribution is 0.0940. The van der Waals surface area contributed by atoms with E-state index < -0.39 is 0 Å². The summed E-state index contributed by atoms with van der Waals surface area (Å²) in [6, 6.07) is 7.76. The van der Waals surface area contributed by atoms with Gasteiger partial charge in [-0.05, 0) is 44.4 Å². The van der Waals surface area contributed by atoms with Gasteiger partial charge in [-0.3, -0.25) is 4.79 Å². The number of halogens is 1. The van der Waals surface area contributed by atoms with Crippen molar-refractivity contribution in [2.24, 2.45) is 0 Å². The van der Waals surface area contributed by atoms with Crippen LogP contribution in [0.25, 0.3) is 11.0 Å². The molecule has 2 heterocycles. The van der Waals surface area contributed by atoms with Gasteiger partial charge in [0.25, 0.3) is 5.91 Å². The Balaban J connectivity index is 1.65. The number of nitrogens with zero attached hydrogens (tertiary/aromatic N) is 3. The Hall–Kier alpha value is -2.60. The summed E-state index contributed by atoms with van der Waals surface area (Å²) in [7, 11) is 0. The number of pyridine rings is 1. The third kappa shape index (κ3) is 4.29. The first-order chi connectivity index (χ1) is 14.6. The Morgan fingerprint density at radius 3 is 2.63 bits per heavy atom. The van der Waals surface area contributed by atoms with Crippen molar-refractivity contribution in [3.8, 4) is 0 Å². The van der Waals surface area contributed by atoms with Crippen molar-refractivity contribution in [2.45, 2.75) is 64.6 Å². The first kappa shape index (κ1) is 20.7. The summed E-state index contributed by atoms with van der Waals surface area (Å²) < 4.78 is 1.86. The third-order valence-corrected chi connectivity index (χ3v) is 6.13. The topological polar surface area (TPSA) is 71.8 Å². The predicted octanol–water partition coefficient (Wildman–Crippen LogP) is 5.34. The van der Waals surface area contributed by atoms with Crippen molar-refractivity contribution in [3.05, 3.63) is 52.8 Å². The first-order valence-electron chi connectivity index (χ1n) is 10.7. The standard InChI is InChI=1S/C23H28ClN5O/c1-3-29-22-19(14-26-29)21(28-18-7-5-4-6-8-18)20(13-25-22)23(30)27-15(2)16-9-11-17(24)12-10-16/h9-15,18H,3-8H2,1-2H3,(H,25,28)(H,27,30). The van der Waals surface area contributed by atoms with E-state index in [1.54, 1.807) is 6.20 Å². The minimum atomic E-state index is -0.147. The molecule has 3 aromatic rings. The quantitative estimate of drug-likeness (QED) is 0.559. The number of hydrogen-bond donors (Lipinski definition) is 2. The lowest BCUT2D eigenvalue weighted by atomic mass is 9.95. The molecule has 1 aliphatic carbocycles. The number of hydrogen-bond acceptors (Lipinski definition) is 4. The van der Waals surface area contributed by atoms with Crippen LogP contribution in [0.2, 0.25) is 5.02 Å². The lowest BCUT2D eigenvalue weighted by Crippen LogP contribution is -2.29. The van der Waals surface area contributed by atoms with Gasteiger partial charge in [0.2, 0.25) is 0 Å². The van der Waals surface area contributed by atoms with Crippen molar-refractivity contribution < 1.29 is 4.79 Å². The van der Waals surface area contributed by atoms with E-state index in [-0.39, 0.29) is 11.9 Å². The predicted molar refractivity (Wildman–Crippen MR) is 121 cm³/mol. The number of nitrogens with one attached hydrogen (secondary N) is 2. The maximum atomic E-state index is 13.2. The number of anilines is 1. The lowest BCUT2D eigenvalue weighted by Gasteiger charge is -2.25. The average Bonchev–Trinajstić information content (AvgIpc) is 3.18. The molecule has 0 radical (unpaired) electrons. The SMILES string of the molecule is CCn1ncc2c(NC3CCCCC3)c(C(=O)NC(C)c3ccc(Cl)cc3)cnc21. The van der Waals surface area contributed by atoms with Gasteiger partial charge in [-0.15, -0.1) is 0 Å². The highest BCUT2D eigenvalue weighted by Crippen LogP contribution is 2.30. The molecule has 0 saturated heterocycles. The molecule has 2 aromatic heterocycles. The fourth-order valence-corrected chi connectivity index (χ4v) is 4.27. The van der Waals surface area contributed by atoms with Crippen LogP contribution in [0.1, 0.15) is 67.9 Å². The van der Waals surface area contributed by atoms with Crippen molar-refractivity contribution in [3.63, 3.8) is 0 Å². The molecule has 1 atom stereocenters. The summed E-state index contributed by atoms with van der Waals surface area (Å²) in [4.78, 5) is 17.8. The van der Waals surface area contributed by atoms with E-state index in [0.29, 0.717) is 16.6 Å². The smallest absolute Gasteiger partial charge is 0.255 e. The van der Waals surface area contributed by atoms with E-state index in [0.717, 1.165) is 41.7 Å². The molecule has 1 aliphatic rings. The number of carbonyl (C=O) groups excluding carboxylic acids is 1. The molecule has 7 heteroatoms. The van der Waals surface area contributed by atoms with E-state index >= 15 is 0 Å². The molecule has 0 spiro atoms. The van der Waals surface area contributed by atoms with E-state index in [4.69, 9.17) is 11.6 Å². The van der Waals surface area contributed by atoms with Gasteiger partial charge >= 0.3 is 0 Å². The molecular formula is C23H28ClN5O. The Morgan fingerprint density at radius 1 is 1.20 bits per heavy atom. The van der Waals surface area contributed by atoms with Crippen molar-refractivity contribution in [2.75, 3.05) is 5.32 Å². The highest BCUT2D eigenvalue weighted by molar-refractivity contribution is 6.30. The monoisotopic (exact) mass is 425 g/mol. The van der Waals surface area contributed by atoms with Crippen LogP contribution in [0.5, 0.6) is 0 Å². The van der Waals surface area contributed by atoms with Gasteiger partial charge < -0.3 is 10.6 Å². The van der Waals surface area contributed by atoms with Crippen molar-refractivity contribution in [1.82, 2.24) is 20.1 Å². The number of fused-ring (bicyclic) bond motifs is 1. The van der Waals surface area contributed by atoms with Gasteiger partial charge in [-0.25, -0.2) is 9.67 Å². The van der Waals surface area contributed by atoms with E-state index in [1.165, 1.54) is 19.3 Å². The summed E-state index contributed by atoms with van der Waals surface area (Å²) >= 11 is 5.99. The zero-order chi connectivity index (χ0) is 21.1. The van der Waals surface area contributed by atoms with Gasteiger partial charge in [-0.2, -0.15) is 5.10 Å². The molecule has 4 rings (SSSR count). The van der Waals surface area contributed by atoms with Crippen molar-refractivity contribution in [1.29, 1.82) is 0 Å². The number of aryl methyl sites for hydroxylation is 1. The van der Waals surface area contributed by atoms with Gasteiger partial charge in [0.15, 0.2) is 5.65 Å². The summed E-state index contributed by atoms with van der Waals surface area (Å²) in [5.41, 5.74) is 3.21. The second kappa shape index (κ2) is 9.04. The molecule has 0 bridgehead atoms. The van der Waals surface area contributed by atoms with E-state index in [9.17, 15) is 4.79 Å². The molecule has 158 valence electrons. The Kier molecular flexibility index (Phi) is 6.23. The van der Waals surface area contributed by atoms with Gasteiger partial charge in [0, 0.05) is 23.8 Å². The summed E-state index contributed by atoms with van der Waals surface area (Å²) in [5.74, 6) is -0.144. The molecule has 30 heavy (non-hydrogen) atoms. The highest BCUT2D eigenvalue weighted by atomic mass is 35.5. The van der Waals surface area contributed by atoms with Crippen LogP contribution in [0.4, 0.5) is 5.69 Å². The number of amides is 1. The number of carbonyl (C=O) groups is 1. The fraction of sp³-hybridized carbons (Fsp3) is 0.435. The number of aromatic nitrogens is 3. The highest BCUT2D eigenvalue weighted by Gasteiger charge is 2.23. The zero-order valence-corrected chi connectivity index (χ0v) is 18.2.